The molecular weight excluding hydrogens is 402 g/mol. The number of benzene rings is 1. The quantitative estimate of drug-likeness (QED) is 0.696. The molecule has 4 heterocycles. The van der Waals surface area contributed by atoms with Crippen molar-refractivity contribution < 1.29 is 18.3 Å². The lowest BCUT2D eigenvalue weighted by molar-refractivity contribution is -0.140. The smallest absolute Gasteiger partial charge is 0.257 e. The largest absolute Gasteiger partial charge is 0.356 e. The Labute approximate surface area is 171 Å². The maximum Gasteiger partial charge on any atom is 0.257 e. The first-order chi connectivity index (χ1) is 13.9. The van der Waals surface area contributed by atoms with Crippen molar-refractivity contribution in [2.45, 2.75) is 43.6 Å². The van der Waals surface area contributed by atoms with E-state index < -0.39 is 17.2 Å². The number of amides is 1. The Bertz CT molecular complexity index is 947. The first-order valence-corrected chi connectivity index (χ1v) is 10.0. The first kappa shape index (κ1) is 18.7. The van der Waals surface area contributed by atoms with Crippen molar-refractivity contribution in [1.29, 1.82) is 0 Å². The Kier molecular flexibility index (Phi) is 4.43. The van der Waals surface area contributed by atoms with Crippen LogP contribution >= 0.6 is 11.6 Å². The van der Waals surface area contributed by atoms with Crippen LogP contribution in [0.25, 0.3) is 0 Å². The second-order valence-corrected chi connectivity index (χ2v) is 8.15. The minimum Gasteiger partial charge on any atom is -0.356 e. The number of ether oxygens (including phenoxy) is 1. The molecule has 1 amide bonds. The predicted molar refractivity (Wildman–Crippen MR) is 101 cm³/mol. The number of carbonyl (C=O) groups excluding carboxylic acids is 1. The van der Waals surface area contributed by atoms with Crippen LogP contribution < -0.4 is 4.90 Å². The topological polar surface area (TPSA) is 58.6 Å². The molecule has 1 aromatic heterocycles. The lowest BCUT2D eigenvalue weighted by Crippen LogP contribution is -2.50. The van der Waals surface area contributed by atoms with Crippen molar-refractivity contribution in [2.75, 3.05) is 18.0 Å². The number of piperidine rings is 1. The average molecular weight is 421 g/mol. The molecule has 1 spiro atoms. The van der Waals surface area contributed by atoms with Gasteiger partial charge in [0.15, 0.2) is 5.60 Å². The van der Waals surface area contributed by atoms with Crippen LogP contribution in [0.3, 0.4) is 0 Å². The minimum atomic E-state index is -0.886. The van der Waals surface area contributed by atoms with Crippen LogP contribution in [0.2, 0.25) is 5.15 Å². The fourth-order valence-electron chi connectivity index (χ4n) is 4.73. The van der Waals surface area contributed by atoms with Gasteiger partial charge in [-0.05, 0) is 30.5 Å². The number of anilines is 1. The van der Waals surface area contributed by atoms with Gasteiger partial charge in [0, 0.05) is 38.1 Å². The van der Waals surface area contributed by atoms with E-state index in [0.29, 0.717) is 49.5 Å². The number of hydrogen-bond donors (Lipinski definition) is 0. The number of aromatic nitrogens is 2. The zero-order chi connectivity index (χ0) is 20.2. The summed E-state index contributed by atoms with van der Waals surface area (Å²) >= 11 is 5.95. The van der Waals surface area contributed by atoms with E-state index in [1.165, 1.54) is 18.5 Å². The van der Waals surface area contributed by atoms with Gasteiger partial charge in [-0.1, -0.05) is 11.6 Å². The highest BCUT2D eigenvalue weighted by molar-refractivity contribution is 6.29. The fraction of sp³-hybridized carbons (Fsp3) is 0.450. The van der Waals surface area contributed by atoms with Crippen molar-refractivity contribution in [3.05, 3.63) is 52.9 Å². The Hall–Kier alpha value is -2.32. The van der Waals surface area contributed by atoms with Gasteiger partial charge < -0.3 is 14.5 Å². The van der Waals surface area contributed by atoms with E-state index in [4.69, 9.17) is 16.3 Å². The van der Waals surface area contributed by atoms with Crippen LogP contribution in [0.1, 0.15) is 37.3 Å². The molecular formula is C20H19ClF2N4O2. The zero-order valence-corrected chi connectivity index (χ0v) is 16.3. The third-order valence-electron chi connectivity index (χ3n) is 6.10. The summed E-state index contributed by atoms with van der Waals surface area (Å²) < 4.78 is 33.7. The molecule has 152 valence electrons. The molecule has 2 aromatic rings. The van der Waals surface area contributed by atoms with E-state index in [0.717, 1.165) is 11.9 Å². The molecule has 9 heteroatoms. The van der Waals surface area contributed by atoms with Gasteiger partial charge in [0.2, 0.25) is 0 Å². The van der Waals surface area contributed by atoms with Crippen molar-refractivity contribution in [3.8, 4) is 0 Å². The van der Waals surface area contributed by atoms with Gasteiger partial charge in [0.25, 0.3) is 5.91 Å². The van der Waals surface area contributed by atoms with Crippen LogP contribution in [0.15, 0.2) is 30.6 Å². The predicted octanol–water partition coefficient (Wildman–Crippen LogP) is 3.47. The van der Waals surface area contributed by atoms with Gasteiger partial charge in [-0.25, -0.2) is 18.7 Å². The Balaban J connectivity index is 1.35. The standard InChI is InChI=1S/C20H19ClF2N4O2/c21-16-10-17(25-11-24-16)26-5-3-20(4-6-26)19(28)27-15(1-2-18(27)29-20)12-7-13(22)9-14(23)8-12/h7-11,15,18H,1-6H2. The van der Waals surface area contributed by atoms with Crippen molar-refractivity contribution >= 4 is 23.3 Å². The monoisotopic (exact) mass is 420 g/mol. The lowest BCUT2D eigenvalue weighted by Gasteiger charge is -2.38. The molecule has 3 aliphatic rings. The molecule has 29 heavy (non-hydrogen) atoms. The van der Waals surface area contributed by atoms with Gasteiger partial charge in [0.05, 0.1) is 6.04 Å². The van der Waals surface area contributed by atoms with Crippen LogP contribution in [0.4, 0.5) is 14.6 Å². The number of hydrogen-bond acceptors (Lipinski definition) is 5. The number of nitrogens with zero attached hydrogens (tertiary/aromatic N) is 4. The third-order valence-corrected chi connectivity index (χ3v) is 6.31. The molecule has 2 unspecified atom stereocenters. The minimum absolute atomic E-state index is 0.0879. The molecule has 5 rings (SSSR count). The maximum atomic E-state index is 13.7. The molecule has 6 nitrogen and oxygen atoms in total. The van der Waals surface area contributed by atoms with E-state index in [2.05, 4.69) is 14.9 Å². The highest BCUT2D eigenvalue weighted by atomic mass is 35.5. The number of halogens is 3. The van der Waals surface area contributed by atoms with Crippen LogP contribution in [0.5, 0.6) is 0 Å². The molecule has 3 saturated heterocycles. The second kappa shape index (κ2) is 6.88. The van der Waals surface area contributed by atoms with E-state index in [1.54, 1.807) is 11.0 Å². The summed E-state index contributed by atoms with van der Waals surface area (Å²) in [6, 6.07) is 4.78. The molecule has 0 N–H and O–H groups in total. The Morgan fingerprint density at radius 1 is 1.07 bits per heavy atom. The van der Waals surface area contributed by atoms with Gasteiger partial charge in [-0.3, -0.25) is 4.79 Å². The first-order valence-electron chi connectivity index (χ1n) is 9.64. The third kappa shape index (κ3) is 3.14. The van der Waals surface area contributed by atoms with Crippen LogP contribution in [-0.4, -0.2) is 45.7 Å². The molecule has 3 fully saturated rings. The van der Waals surface area contributed by atoms with E-state index in [9.17, 15) is 13.6 Å². The second-order valence-electron chi connectivity index (χ2n) is 7.76. The van der Waals surface area contributed by atoms with Crippen molar-refractivity contribution in [3.63, 3.8) is 0 Å². The molecule has 0 aliphatic carbocycles. The van der Waals surface area contributed by atoms with Gasteiger partial charge in [-0.2, -0.15) is 0 Å². The highest BCUT2D eigenvalue weighted by Crippen LogP contribution is 2.48. The normalized spacial score (nSPS) is 25.7. The van der Waals surface area contributed by atoms with Crippen LogP contribution in [0, 0.1) is 11.6 Å². The summed E-state index contributed by atoms with van der Waals surface area (Å²) in [4.78, 5) is 25.2. The average Bonchev–Trinajstić information content (AvgIpc) is 3.20. The Morgan fingerprint density at radius 3 is 2.48 bits per heavy atom. The number of carbonyl (C=O) groups is 1. The molecule has 0 saturated carbocycles. The highest BCUT2D eigenvalue weighted by Gasteiger charge is 2.58. The lowest BCUT2D eigenvalue weighted by atomic mass is 9.89. The Morgan fingerprint density at radius 2 is 1.79 bits per heavy atom. The van der Waals surface area contributed by atoms with Gasteiger partial charge in [0.1, 0.15) is 35.2 Å². The SMILES string of the molecule is O=C1N2C(CCC2c2cc(F)cc(F)c2)OC12CCN(c1cc(Cl)ncn1)CC2. The number of rotatable bonds is 2. The van der Waals surface area contributed by atoms with Crippen molar-refractivity contribution in [2.24, 2.45) is 0 Å². The fourth-order valence-corrected chi connectivity index (χ4v) is 4.88. The van der Waals surface area contributed by atoms with Crippen LogP contribution in [-0.2, 0) is 9.53 Å². The summed E-state index contributed by atoms with van der Waals surface area (Å²) in [5.74, 6) is -0.640. The van der Waals surface area contributed by atoms with Gasteiger partial charge in [-0.15, -0.1) is 0 Å². The molecule has 0 radical (unpaired) electrons. The summed E-state index contributed by atoms with van der Waals surface area (Å²) in [6.45, 7) is 1.19. The summed E-state index contributed by atoms with van der Waals surface area (Å²) in [5, 5.41) is 0.370. The molecule has 1 aromatic carbocycles. The summed E-state index contributed by atoms with van der Waals surface area (Å²) in [5.41, 5.74) is -0.408. The maximum absolute atomic E-state index is 13.7. The summed E-state index contributed by atoms with van der Waals surface area (Å²) in [7, 11) is 0. The van der Waals surface area contributed by atoms with Crippen molar-refractivity contribution in [1.82, 2.24) is 14.9 Å². The molecule has 3 aliphatic heterocycles. The molecule has 2 atom stereocenters. The van der Waals surface area contributed by atoms with E-state index in [-0.39, 0.29) is 18.2 Å². The summed E-state index contributed by atoms with van der Waals surface area (Å²) in [6.07, 6.45) is 3.38. The number of fused-ring (bicyclic) bond motifs is 1. The molecule has 0 bridgehead atoms. The van der Waals surface area contributed by atoms with E-state index in [1.807, 2.05) is 0 Å². The van der Waals surface area contributed by atoms with Gasteiger partial charge >= 0.3 is 0 Å². The van der Waals surface area contributed by atoms with E-state index >= 15 is 0 Å². The zero-order valence-electron chi connectivity index (χ0n) is 15.5.